The van der Waals surface area contributed by atoms with E-state index in [2.05, 4.69) is 0 Å². The number of hydrogen-bond acceptors (Lipinski definition) is 7. The second kappa shape index (κ2) is 6.91. The van der Waals surface area contributed by atoms with Crippen molar-refractivity contribution in [1.29, 1.82) is 0 Å². The average Bonchev–Trinajstić information content (AvgIpc) is 2.67. The van der Waals surface area contributed by atoms with Crippen LogP contribution in [0.1, 0.15) is 10.6 Å². The number of fused-ring (bicyclic) bond motifs is 1. The highest BCUT2D eigenvalue weighted by Gasteiger charge is 2.26. The van der Waals surface area contributed by atoms with Crippen LogP contribution in [0.5, 0.6) is 23.0 Å². The predicted octanol–water partition coefficient (Wildman–Crippen LogP) is 2.89. The van der Waals surface area contributed by atoms with Crippen molar-refractivity contribution < 1.29 is 33.6 Å². The number of carboxylic acids is 1. The first-order valence-electron chi connectivity index (χ1n) is 7.75. The van der Waals surface area contributed by atoms with Crippen LogP contribution in [0, 0.1) is 0 Å². The zero-order chi connectivity index (χ0) is 19.7. The highest BCUT2D eigenvalue weighted by Crippen LogP contribution is 2.42. The zero-order valence-electron chi connectivity index (χ0n) is 14.7. The molecular weight excluding hydrogens is 356 g/mol. The first-order valence-corrected chi connectivity index (χ1v) is 7.75. The largest absolute Gasteiger partial charge is 0.504 e. The van der Waals surface area contributed by atoms with Crippen LogP contribution in [0.15, 0.2) is 39.5 Å². The summed E-state index contributed by atoms with van der Waals surface area (Å²) < 4.78 is 20.7. The molecular formula is C19H16O8. The second-order valence-electron chi connectivity index (χ2n) is 5.50. The van der Waals surface area contributed by atoms with Crippen molar-refractivity contribution in [2.75, 3.05) is 21.3 Å². The third-order valence-electron chi connectivity index (χ3n) is 4.07. The average molecular weight is 372 g/mol. The third-order valence-corrected chi connectivity index (χ3v) is 4.07. The molecule has 0 atom stereocenters. The number of phenols is 1. The highest BCUT2D eigenvalue weighted by atomic mass is 16.5. The molecule has 3 rings (SSSR count). The molecule has 0 aliphatic heterocycles. The summed E-state index contributed by atoms with van der Waals surface area (Å²) in [6.45, 7) is 0. The van der Waals surface area contributed by atoms with Crippen LogP contribution in [-0.2, 0) is 0 Å². The number of aromatic carboxylic acids is 1. The number of methoxy groups -OCH3 is 3. The lowest BCUT2D eigenvalue weighted by atomic mass is 10.0. The Balaban J connectivity index is 2.43. The SMILES string of the molecule is COc1ccc(-c2c(C(=O)O)oc3cc(OC)c(OC)c(O)c3c2=O)cc1. The minimum atomic E-state index is -1.42. The summed E-state index contributed by atoms with van der Waals surface area (Å²) in [4.78, 5) is 24.8. The van der Waals surface area contributed by atoms with Crippen LogP contribution in [0.2, 0.25) is 0 Å². The van der Waals surface area contributed by atoms with E-state index in [0.717, 1.165) is 0 Å². The lowest BCUT2D eigenvalue weighted by Crippen LogP contribution is -2.13. The van der Waals surface area contributed by atoms with Gasteiger partial charge in [-0.2, -0.15) is 0 Å². The molecule has 8 heteroatoms. The molecule has 2 aromatic carbocycles. The number of rotatable bonds is 5. The predicted molar refractivity (Wildman–Crippen MR) is 96.2 cm³/mol. The number of aromatic hydroxyl groups is 1. The Hall–Kier alpha value is -3.68. The van der Waals surface area contributed by atoms with Gasteiger partial charge in [-0.25, -0.2) is 4.79 Å². The fourth-order valence-electron chi connectivity index (χ4n) is 2.81. The number of carboxylic acid groups (broad SMARTS) is 1. The highest BCUT2D eigenvalue weighted by molar-refractivity contribution is 5.99. The summed E-state index contributed by atoms with van der Waals surface area (Å²) in [5.41, 5.74) is -0.736. The van der Waals surface area contributed by atoms with Gasteiger partial charge in [0.05, 0.1) is 26.9 Å². The van der Waals surface area contributed by atoms with Gasteiger partial charge in [-0.05, 0) is 17.7 Å². The van der Waals surface area contributed by atoms with Crippen molar-refractivity contribution in [2.45, 2.75) is 0 Å². The fourth-order valence-corrected chi connectivity index (χ4v) is 2.81. The van der Waals surface area contributed by atoms with Crippen molar-refractivity contribution >= 4 is 16.9 Å². The molecule has 0 spiro atoms. The smallest absolute Gasteiger partial charge is 0.372 e. The van der Waals surface area contributed by atoms with Crippen LogP contribution < -0.4 is 19.6 Å². The van der Waals surface area contributed by atoms with Gasteiger partial charge in [0.15, 0.2) is 11.5 Å². The Morgan fingerprint density at radius 3 is 2.22 bits per heavy atom. The normalized spacial score (nSPS) is 10.6. The van der Waals surface area contributed by atoms with Gasteiger partial charge in [0.2, 0.25) is 16.9 Å². The van der Waals surface area contributed by atoms with E-state index in [1.165, 1.54) is 39.5 Å². The standard InChI is InChI=1S/C19H16O8/c1-24-10-6-4-9(5-7-10)13-15(20)14-11(27-18(13)19(22)23)8-12(25-2)17(26-3)16(14)21/h4-8,21H,1-3H3,(H,22,23). The Labute approximate surface area is 153 Å². The minimum absolute atomic E-state index is 0.0546. The van der Waals surface area contributed by atoms with E-state index < -0.39 is 22.9 Å². The summed E-state index contributed by atoms with van der Waals surface area (Å²) in [6, 6.07) is 7.51. The topological polar surface area (TPSA) is 115 Å². The lowest BCUT2D eigenvalue weighted by molar-refractivity contribution is 0.0664. The van der Waals surface area contributed by atoms with Gasteiger partial charge in [0.25, 0.3) is 0 Å². The molecule has 140 valence electrons. The molecule has 0 aliphatic carbocycles. The summed E-state index contributed by atoms with van der Waals surface area (Å²) in [7, 11) is 4.13. The Kier molecular flexibility index (Phi) is 4.64. The number of hydrogen-bond donors (Lipinski definition) is 2. The molecule has 0 saturated carbocycles. The molecule has 8 nitrogen and oxygen atoms in total. The number of carbonyl (C=O) groups is 1. The van der Waals surface area contributed by atoms with Crippen LogP contribution in [0.25, 0.3) is 22.1 Å². The molecule has 0 amide bonds. The third kappa shape index (κ3) is 2.91. The minimum Gasteiger partial charge on any atom is -0.504 e. The molecule has 0 radical (unpaired) electrons. The van der Waals surface area contributed by atoms with Gasteiger partial charge in [-0.3, -0.25) is 4.79 Å². The Morgan fingerprint density at radius 2 is 1.70 bits per heavy atom. The number of ether oxygens (including phenoxy) is 3. The first kappa shape index (κ1) is 18.1. The summed E-state index contributed by atoms with van der Waals surface area (Å²) in [5.74, 6) is -1.89. The maximum atomic E-state index is 13.1. The van der Waals surface area contributed by atoms with E-state index in [9.17, 15) is 19.8 Å². The number of benzene rings is 2. The molecule has 0 bridgehead atoms. The summed E-state index contributed by atoms with van der Waals surface area (Å²) >= 11 is 0. The van der Waals surface area contributed by atoms with Crippen molar-refractivity contribution in [1.82, 2.24) is 0 Å². The quantitative estimate of drug-likeness (QED) is 0.702. The van der Waals surface area contributed by atoms with Crippen LogP contribution >= 0.6 is 0 Å². The monoisotopic (exact) mass is 372 g/mol. The summed E-state index contributed by atoms with van der Waals surface area (Å²) in [6.07, 6.45) is 0. The Bertz CT molecular complexity index is 1080. The van der Waals surface area contributed by atoms with Crippen LogP contribution in [0.4, 0.5) is 0 Å². The first-order chi connectivity index (χ1) is 12.9. The lowest BCUT2D eigenvalue weighted by Gasteiger charge is -2.13. The van der Waals surface area contributed by atoms with Crippen molar-refractivity contribution in [2.24, 2.45) is 0 Å². The van der Waals surface area contributed by atoms with Gasteiger partial charge in [-0.1, -0.05) is 12.1 Å². The molecule has 0 aliphatic rings. The van der Waals surface area contributed by atoms with Gasteiger partial charge in [0.1, 0.15) is 16.7 Å². The van der Waals surface area contributed by atoms with Gasteiger partial charge >= 0.3 is 5.97 Å². The van der Waals surface area contributed by atoms with E-state index in [4.69, 9.17) is 18.6 Å². The van der Waals surface area contributed by atoms with Gasteiger partial charge < -0.3 is 28.8 Å². The molecule has 1 heterocycles. The molecule has 0 saturated heterocycles. The maximum absolute atomic E-state index is 13.1. The number of phenolic OH excluding ortho intramolecular Hbond substituents is 1. The van der Waals surface area contributed by atoms with Crippen LogP contribution in [0.3, 0.4) is 0 Å². The maximum Gasteiger partial charge on any atom is 0.372 e. The van der Waals surface area contributed by atoms with E-state index in [1.54, 1.807) is 12.1 Å². The van der Waals surface area contributed by atoms with E-state index >= 15 is 0 Å². The van der Waals surface area contributed by atoms with Crippen LogP contribution in [-0.4, -0.2) is 37.5 Å². The zero-order valence-corrected chi connectivity index (χ0v) is 14.7. The van der Waals surface area contributed by atoms with Crippen molar-refractivity contribution in [3.63, 3.8) is 0 Å². The summed E-state index contributed by atoms with van der Waals surface area (Å²) in [5, 5.41) is 19.8. The molecule has 27 heavy (non-hydrogen) atoms. The molecule has 2 N–H and O–H groups in total. The Morgan fingerprint density at radius 1 is 1.04 bits per heavy atom. The van der Waals surface area contributed by atoms with E-state index in [-0.39, 0.29) is 28.0 Å². The van der Waals surface area contributed by atoms with Crippen molar-refractivity contribution in [3.8, 4) is 34.1 Å². The molecule has 0 fully saturated rings. The van der Waals surface area contributed by atoms with Crippen molar-refractivity contribution in [3.05, 3.63) is 46.3 Å². The second-order valence-corrected chi connectivity index (χ2v) is 5.50. The van der Waals surface area contributed by atoms with E-state index in [1.807, 2.05) is 0 Å². The van der Waals surface area contributed by atoms with Gasteiger partial charge in [-0.15, -0.1) is 0 Å². The van der Waals surface area contributed by atoms with Gasteiger partial charge in [0, 0.05) is 6.07 Å². The molecule has 0 unspecified atom stereocenters. The molecule has 1 aromatic heterocycles. The fraction of sp³-hybridized carbons (Fsp3) is 0.158. The van der Waals surface area contributed by atoms with E-state index in [0.29, 0.717) is 11.3 Å². The molecule has 3 aromatic rings.